The number of rotatable bonds is 3. The molecular weight excluding hydrogens is 252 g/mol. The summed E-state index contributed by atoms with van der Waals surface area (Å²) in [5.74, 6) is -0.987. The van der Waals surface area contributed by atoms with Crippen LogP contribution in [0.5, 0.6) is 0 Å². The zero-order valence-electron chi connectivity index (χ0n) is 12.3. The van der Waals surface area contributed by atoms with Crippen LogP contribution in [0.2, 0.25) is 0 Å². The fourth-order valence-corrected chi connectivity index (χ4v) is 2.19. The van der Waals surface area contributed by atoms with E-state index in [1.54, 1.807) is 10.7 Å². The summed E-state index contributed by atoms with van der Waals surface area (Å²) in [5.41, 5.74) is 3.21. The predicted octanol–water partition coefficient (Wildman–Crippen LogP) is 3.24. The second-order valence-corrected chi connectivity index (χ2v) is 6.05. The van der Waals surface area contributed by atoms with Crippen LogP contribution in [0.3, 0.4) is 0 Å². The van der Waals surface area contributed by atoms with E-state index in [4.69, 9.17) is 5.11 Å². The highest BCUT2D eigenvalue weighted by molar-refractivity contribution is 5.85. The van der Waals surface area contributed by atoms with E-state index in [2.05, 4.69) is 25.9 Å². The van der Waals surface area contributed by atoms with Gasteiger partial charge >= 0.3 is 5.97 Å². The van der Waals surface area contributed by atoms with Crippen LogP contribution in [-0.2, 0) is 12.0 Å². The molecule has 20 heavy (non-hydrogen) atoms. The maximum atomic E-state index is 11.1. The van der Waals surface area contributed by atoms with E-state index in [0.717, 1.165) is 11.3 Å². The van der Waals surface area contributed by atoms with Gasteiger partial charge in [0.2, 0.25) is 0 Å². The van der Waals surface area contributed by atoms with Crippen LogP contribution in [0.15, 0.2) is 30.3 Å². The number of carboxylic acid groups (broad SMARTS) is 1. The molecule has 106 valence electrons. The molecule has 0 aliphatic heterocycles. The summed E-state index contributed by atoms with van der Waals surface area (Å²) >= 11 is 0. The van der Waals surface area contributed by atoms with Crippen molar-refractivity contribution in [2.75, 3.05) is 0 Å². The summed E-state index contributed by atoms with van der Waals surface area (Å²) in [6.07, 6.45) is 0. The summed E-state index contributed by atoms with van der Waals surface area (Å²) in [5, 5.41) is 13.4. The highest BCUT2D eigenvalue weighted by Gasteiger charge is 2.23. The van der Waals surface area contributed by atoms with Crippen molar-refractivity contribution >= 4 is 5.97 Å². The van der Waals surface area contributed by atoms with E-state index < -0.39 is 5.97 Å². The van der Waals surface area contributed by atoms with E-state index in [1.807, 2.05) is 31.2 Å². The first-order valence-electron chi connectivity index (χ1n) is 6.65. The molecule has 0 saturated heterocycles. The van der Waals surface area contributed by atoms with Gasteiger partial charge in [-0.3, -0.25) is 4.68 Å². The number of nitrogens with zero attached hydrogens (tertiary/aromatic N) is 2. The van der Waals surface area contributed by atoms with Gasteiger partial charge in [0.05, 0.1) is 6.54 Å². The molecule has 0 saturated carbocycles. The second-order valence-electron chi connectivity index (χ2n) is 6.05. The van der Waals surface area contributed by atoms with Gasteiger partial charge in [-0.2, -0.15) is 5.10 Å². The minimum atomic E-state index is -0.987. The number of aromatic nitrogens is 2. The van der Waals surface area contributed by atoms with Gasteiger partial charge in [0.25, 0.3) is 0 Å². The van der Waals surface area contributed by atoms with E-state index in [0.29, 0.717) is 6.54 Å². The Hall–Kier alpha value is -2.10. The van der Waals surface area contributed by atoms with Crippen LogP contribution in [0, 0.1) is 6.92 Å². The third-order valence-corrected chi connectivity index (χ3v) is 3.35. The van der Waals surface area contributed by atoms with Crippen LogP contribution in [-0.4, -0.2) is 20.9 Å². The number of carboxylic acids is 1. The average molecular weight is 272 g/mol. The first-order valence-corrected chi connectivity index (χ1v) is 6.65. The van der Waals surface area contributed by atoms with Crippen molar-refractivity contribution in [2.24, 2.45) is 0 Å². The maximum Gasteiger partial charge on any atom is 0.356 e. The van der Waals surface area contributed by atoms with Gasteiger partial charge in [-0.25, -0.2) is 4.79 Å². The lowest BCUT2D eigenvalue weighted by Gasteiger charge is -2.20. The van der Waals surface area contributed by atoms with Crippen molar-refractivity contribution in [3.8, 4) is 0 Å². The topological polar surface area (TPSA) is 55.1 Å². The summed E-state index contributed by atoms with van der Waals surface area (Å²) in [7, 11) is 0. The monoisotopic (exact) mass is 272 g/mol. The predicted molar refractivity (Wildman–Crippen MR) is 78.2 cm³/mol. The van der Waals surface area contributed by atoms with Gasteiger partial charge in [-0.1, -0.05) is 45.0 Å². The van der Waals surface area contributed by atoms with Crippen LogP contribution >= 0.6 is 0 Å². The van der Waals surface area contributed by atoms with E-state index in [1.165, 1.54) is 5.56 Å². The smallest absolute Gasteiger partial charge is 0.356 e. The van der Waals surface area contributed by atoms with Gasteiger partial charge in [-0.15, -0.1) is 0 Å². The number of aryl methyl sites for hydroxylation is 1. The molecule has 0 unspecified atom stereocenters. The van der Waals surface area contributed by atoms with E-state index >= 15 is 0 Å². The molecule has 0 aliphatic rings. The van der Waals surface area contributed by atoms with E-state index in [-0.39, 0.29) is 11.1 Å². The SMILES string of the molecule is Cc1ccccc1Cn1nc(C(=O)O)cc1C(C)(C)C. The quantitative estimate of drug-likeness (QED) is 0.933. The summed E-state index contributed by atoms with van der Waals surface area (Å²) in [4.78, 5) is 11.1. The molecule has 2 rings (SSSR count). The molecule has 1 N–H and O–H groups in total. The molecule has 4 nitrogen and oxygen atoms in total. The van der Waals surface area contributed by atoms with Gasteiger partial charge < -0.3 is 5.11 Å². The Morgan fingerprint density at radius 3 is 2.50 bits per heavy atom. The Morgan fingerprint density at radius 1 is 1.30 bits per heavy atom. The molecule has 1 aromatic heterocycles. The van der Waals surface area contributed by atoms with Crippen molar-refractivity contribution in [3.63, 3.8) is 0 Å². The molecular formula is C16H20N2O2. The lowest BCUT2D eigenvalue weighted by molar-refractivity contribution is 0.0689. The Bertz CT molecular complexity index is 636. The highest BCUT2D eigenvalue weighted by atomic mass is 16.4. The Balaban J connectivity index is 2.45. The van der Waals surface area contributed by atoms with Crippen molar-refractivity contribution < 1.29 is 9.90 Å². The molecule has 1 heterocycles. The van der Waals surface area contributed by atoms with Crippen molar-refractivity contribution in [1.29, 1.82) is 0 Å². The molecule has 0 radical (unpaired) electrons. The van der Waals surface area contributed by atoms with Gasteiger partial charge in [0.1, 0.15) is 0 Å². The Morgan fingerprint density at radius 2 is 1.95 bits per heavy atom. The van der Waals surface area contributed by atoms with Crippen molar-refractivity contribution in [1.82, 2.24) is 9.78 Å². The molecule has 0 amide bonds. The lowest BCUT2D eigenvalue weighted by atomic mass is 9.91. The van der Waals surface area contributed by atoms with Gasteiger partial charge in [0, 0.05) is 11.1 Å². The largest absolute Gasteiger partial charge is 0.476 e. The lowest BCUT2D eigenvalue weighted by Crippen LogP contribution is -2.19. The number of hydrogen-bond donors (Lipinski definition) is 1. The molecule has 2 aromatic rings. The standard InChI is InChI=1S/C16H20N2O2/c1-11-7-5-6-8-12(11)10-18-14(16(2,3)4)9-13(17-18)15(19)20/h5-9H,10H2,1-4H3,(H,19,20). The van der Waals surface area contributed by atoms with E-state index in [9.17, 15) is 4.79 Å². The maximum absolute atomic E-state index is 11.1. The zero-order chi connectivity index (χ0) is 14.9. The molecule has 0 spiro atoms. The van der Waals surface area contributed by atoms with Gasteiger partial charge in [-0.05, 0) is 24.1 Å². The minimum absolute atomic E-state index is 0.100. The normalized spacial score (nSPS) is 11.6. The minimum Gasteiger partial charge on any atom is -0.476 e. The van der Waals surface area contributed by atoms with Crippen LogP contribution < -0.4 is 0 Å². The van der Waals surface area contributed by atoms with Crippen molar-refractivity contribution in [2.45, 2.75) is 39.7 Å². The Kier molecular flexibility index (Phi) is 3.66. The molecule has 0 atom stereocenters. The first-order chi connectivity index (χ1) is 9.29. The first kappa shape index (κ1) is 14.3. The number of carbonyl (C=O) groups is 1. The summed E-state index contributed by atoms with van der Waals surface area (Å²) < 4.78 is 1.80. The molecule has 0 aliphatic carbocycles. The van der Waals surface area contributed by atoms with Crippen LogP contribution in [0.25, 0.3) is 0 Å². The molecule has 0 fully saturated rings. The number of benzene rings is 1. The summed E-state index contributed by atoms with van der Waals surface area (Å²) in [6.45, 7) is 8.82. The van der Waals surface area contributed by atoms with Gasteiger partial charge in [0.15, 0.2) is 5.69 Å². The third kappa shape index (κ3) is 2.90. The molecule has 4 heteroatoms. The molecule has 0 bridgehead atoms. The van der Waals surface area contributed by atoms with Crippen LogP contribution in [0.1, 0.15) is 48.1 Å². The number of hydrogen-bond acceptors (Lipinski definition) is 2. The van der Waals surface area contributed by atoms with Crippen molar-refractivity contribution in [3.05, 3.63) is 52.8 Å². The fraction of sp³-hybridized carbons (Fsp3) is 0.375. The van der Waals surface area contributed by atoms with Crippen LogP contribution in [0.4, 0.5) is 0 Å². The third-order valence-electron chi connectivity index (χ3n) is 3.35. The molecule has 1 aromatic carbocycles. The average Bonchev–Trinajstić information content (AvgIpc) is 2.76. The fourth-order valence-electron chi connectivity index (χ4n) is 2.19. The zero-order valence-corrected chi connectivity index (χ0v) is 12.3. The Labute approximate surface area is 119 Å². The second kappa shape index (κ2) is 5.12. The highest BCUT2D eigenvalue weighted by Crippen LogP contribution is 2.24. The number of aromatic carboxylic acids is 1. The summed E-state index contributed by atoms with van der Waals surface area (Å²) in [6, 6.07) is 9.74.